The zero-order chi connectivity index (χ0) is 16.0. The number of hydrogen-bond donors (Lipinski definition) is 2. The Kier molecular flexibility index (Phi) is 3.90. The second kappa shape index (κ2) is 5.12. The summed E-state index contributed by atoms with van der Waals surface area (Å²) in [6, 6.07) is 5.83. The van der Waals surface area contributed by atoms with Gasteiger partial charge in [-0.15, -0.1) is 0 Å². The summed E-state index contributed by atoms with van der Waals surface area (Å²) < 4.78 is 0. The molecule has 1 aliphatic rings. The Hall–Kier alpha value is -1.37. The molecule has 2 N–H and O–H groups in total. The van der Waals surface area contributed by atoms with Crippen molar-refractivity contribution in [3.63, 3.8) is 0 Å². The van der Waals surface area contributed by atoms with Crippen LogP contribution in [-0.2, 0) is 10.8 Å². The van der Waals surface area contributed by atoms with Gasteiger partial charge in [0, 0.05) is 0 Å². The fraction of sp³-hybridized carbons (Fsp3) is 0.611. The molecule has 1 aromatic carbocycles. The highest BCUT2D eigenvalue weighted by Gasteiger charge is 2.38. The molecule has 2 atom stereocenters. The van der Waals surface area contributed by atoms with Crippen LogP contribution in [0.4, 0.5) is 0 Å². The standard InChI is InChI=1S/C18H25NO2/c1-11-8-13-14(9-12(11)16(21)15(20)10-19)18(4,5)7-6-17(13,2)3/h8-9,15-16,20-21H,6-7H2,1-5H3. The topological polar surface area (TPSA) is 64.2 Å². The summed E-state index contributed by atoms with van der Waals surface area (Å²) in [5.41, 5.74) is 4.30. The fourth-order valence-corrected chi connectivity index (χ4v) is 3.30. The number of benzene rings is 1. The molecule has 1 aliphatic carbocycles. The number of rotatable bonds is 2. The lowest BCUT2D eigenvalue weighted by atomic mass is 9.62. The van der Waals surface area contributed by atoms with E-state index in [0.29, 0.717) is 5.56 Å². The molecular formula is C18H25NO2. The molecule has 2 unspecified atom stereocenters. The molecule has 0 bridgehead atoms. The number of nitriles is 1. The maximum absolute atomic E-state index is 10.2. The van der Waals surface area contributed by atoms with Gasteiger partial charge in [-0.25, -0.2) is 0 Å². The third kappa shape index (κ3) is 2.71. The maximum atomic E-state index is 10.2. The van der Waals surface area contributed by atoms with E-state index < -0.39 is 12.2 Å². The van der Waals surface area contributed by atoms with E-state index in [2.05, 4.69) is 33.8 Å². The Morgan fingerprint density at radius 1 is 1.05 bits per heavy atom. The normalized spacial score (nSPS) is 22.0. The van der Waals surface area contributed by atoms with Crippen LogP contribution in [0, 0.1) is 18.3 Å². The molecule has 3 heteroatoms. The van der Waals surface area contributed by atoms with E-state index in [1.165, 1.54) is 11.1 Å². The van der Waals surface area contributed by atoms with E-state index in [1.54, 1.807) is 6.07 Å². The summed E-state index contributed by atoms with van der Waals surface area (Å²) in [6.45, 7) is 10.9. The number of fused-ring (bicyclic) bond motifs is 1. The first-order chi connectivity index (χ1) is 9.60. The van der Waals surface area contributed by atoms with Crippen molar-refractivity contribution >= 4 is 0 Å². The monoisotopic (exact) mass is 287 g/mol. The molecule has 0 amide bonds. The quantitative estimate of drug-likeness (QED) is 0.821. The lowest BCUT2D eigenvalue weighted by molar-refractivity contribution is 0.0522. The molecule has 0 saturated carbocycles. The van der Waals surface area contributed by atoms with E-state index in [4.69, 9.17) is 5.26 Å². The Morgan fingerprint density at radius 3 is 2.00 bits per heavy atom. The van der Waals surface area contributed by atoms with Crippen molar-refractivity contribution in [2.24, 2.45) is 0 Å². The first-order valence-corrected chi connectivity index (χ1v) is 7.51. The molecule has 0 aliphatic heterocycles. The van der Waals surface area contributed by atoms with Gasteiger partial charge in [-0.3, -0.25) is 0 Å². The van der Waals surface area contributed by atoms with E-state index in [9.17, 15) is 10.2 Å². The molecule has 0 aromatic heterocycles. The number of aryl methyl sites for hydroxylation is 1. The summed E-state index contributed by atoms with van der Waals surface area (Å²) in [5.74, 6) is 0. The van der Waals surface area contributed by atoms with Crippen LogP contribution in [-0.4, -0.2) is 16.3 Å². The largest absolute Gasteiger partial charge is 0.385 e. The van der Waals surface area contributed by atoms with Gasteiger partial charge in [-0.1, -0.05) is 39.8 Å². The lowest BCUT2D eigenvalue weighted by Crippen LogP contribution is -2.34. The first kappa shape index (κ1) is 16.0. The van der Waals surface area contributed by atoms with Crippen molar-refractivity contribution in [3.05, 3.63) is 34.4 Å². The van der Waals surface area contributed by atoms with Crippen LogP contribution in [0.1, 0.15) is 68.9 Å². The van der Waals surface area contributed by atoms with E-state index >= 15 is 0 Å². The fourth-order valence-electron chi connectivity index (χ4n) is 3.30. The molecule has 2 rings (SSSR count). The molecule has 0 spiro atoms. The zero-order valence-corrected chi connectivity index (χ0v) is 13.6. The van der Waals surface area contributed by atoms with Crippen LogP contribution in [0.2, 0.25) is 0 Å². The second-order valence-corrected chi connectivity index (χ2v) is 7.54. The average Bonchev–Trinajstić information content (AvgIpc) is 2.42. The Balaban J connectivity index is 2.63. The van der Waals surface area contributed by atoms with Gasteiger partial charge >= 0.3 is 0 Å². The van der Waals surface area contributed by atoms with Crippen LogP contribution >= 0.6 is 0 Å². The highest BCUT2D eigenvalue weighted by molar-refractivity contribution is 5.47. The Morgan fingerprint density at radius 2 is 1.52 bits per heavy atom. The molecule has 114 valence electrons. The minimum absolute atomic E-state index is 0.0462. The SMILES string of the molecule is Cc1cc2c(cc1C(O)C(O)C#N)C(C)(C)CCC2(C)C. The lowest BCUT2D eigenvalue weighted by Gasteiger charge is -2.42. The van der Waals surface area contributed by atoms with Crippen LogP contribution in [0.3, 0.4) is 0 Å². The predicted molar refractivity (Wildman–Crippen MR) is 83.0 cm³/mol. The zero-order valence-electron chi connectivity index (χ0n) is 13.6. The molecule has 0 radical (unpaired) electrons. The van der Waals surface area contributed by atoms with Crippen molar-refractivity contribution in [2.45, 2.75) is 70.5 Å². The van der Waals surface area contributed by atoms with Gasteiger partial charge < -0.3 is 10.2 Å². The number of hydrogen-bond acceptors (Lipinski definition) is 3. The summed E-state index contributed by atoms with van der Waals surface area (Å²) in [4.78, 5) is 0. The van der Waals surface area contributed by atoms with Crippen LogP contribution in [0.15, 0.2) is 12.1 Å². The van der Waals surface area contributed by atoms with Crippen molar-refractivity contribution in [1.82, 2.24) is 0 Å². The van der Waals surface area contributed by atoms with Gasteiger partial charge in [0.05, 0.1) is 6.07 Å². The number of nitrogens with zero attached hydrogens (tertiary/aromatic N) is 1. The molecule has 3 nitrogen and oxygen atoms in total. The summed E-state index contributed by atoms with van der Waals surface area (Å²) in [5, 5.41) is 28.7. The molecular weight excluding hydrogens is 262 g/mol. The van der Waals surface area contributed by atoms with Crippen molar-refractivity contribution in [2.75, 3.05) is 0 Å². The summed E-state index contributed by atoms with van der Waals surface area (Å²) in [6.07, 6.45) is -0.315. The number of aliphatic hydroxyl groups excluding tert-OH is 2. The minimum Gasteiger partial charge on any atom is -0.385 e. The molecule has 0 saturated heterocycles. The van der Waals surface area contributed by atoms with Gasteiger partial charge in [0.15, 0.2) is 6.10 Å². The van der Waals surface area contributed by atoms with Crippen LogP contribution in [0.5, 0.6) is 0 Å². The van der Waals surface area contributed by atoms with Crippen LogP contribution in [0.25, 0.3) is 0 Å². The molecule has 0 heterocycles. The Labute approximate surface area is 127 Å². The molecule has 0 fully saturated rings. The van der Waals surface area contributed by atoms with Gasteiger partial charge in [-0.2, -0.15) is 5.26 Å². The van der Waals surface area contributed by atoms with Crippen molar-refractivity contribution in [1.29, 1.82) is 5.26 Å². The highest BCUT2D eigenvalue weighted by Crippen LogP contribution is 2.47. The first-order valence-electron chi connectivity index (χ1n) is 7.51. The van der Waals surface area contributed by atoms with Gasteiger partial charge in [0.2, 0.25) is 0 Å². The van der Waals surface area contributed by atoms with E-state index in [-0.39, 0.29) is 10.8 Å². The van der Waals surface area contributed by atoms with Crippen LogP contribution < -0.4 is 0 Å². The van der Waals surface area contributed by atoms with Crippen molar-refractivity contribution < 1.29 is 10.2 Å². The molecule has 1 aromatic rings. The van der Waals surface area contributed by atoms with E-state index in [0.717, 1.165) is 18.4 Å². The molecule has 21 heavy (non-hydrogen) atoms. The smallest absolute Gasteiger partial charge is 0.170 e. The van der Waals surface area contributed by atoms with Gasteiger partial charge in [-0.05, 0) is 52.8 Å². The van der Waals surface area contributed by atoms with Gasteiger partial charge in [0.1, 0.15) is 6.10 Å². The predicted octanol–water partition coefficient (Wildman–Crippen LogP) is 3.26. The number of aliphatic hydroxyl groups is 2. The minimum atomic E-state index is -1.39. The van der Waals surface area contributed by atoms with Crippen molar-refractivity contribution in [3.8, 4) is 6.07 Å². The summed E-state index contributed by atoms with van der Waals surface area (Å²) in [7, 11) is 0. The third-order valence-corrected chi connectivity index (χ3v) is 4.99. The highest BCUT2D eigenvalue weighted by atomic mass is 16.3. The van der Waals surface area contributed by atoms with E-state index in [1.807, 2.05) is 13.0 Å². The van der Waals surface area contributed by atoms with Gasteiger partial charge in [0.25, 0.3) is 0 Å². The summed E-state index contributed by atoms with van der Waals surface area (Å²) >= 11 is 0. The second-order valence-electron chi connectivity index (χ2n) is 7.54. The maximum Gasteiger partial charge on any atom is 0.170 e. The average molecular weight is 287 g/mol. The Bertz CT molecular complexity index is 596. The third-order valence-electron chi connectivity index (χ3n) is 4.99.